The standard InChI is InChI=1S/C30H33N3O/c31-24-11-13-26-28(19-24)34-29-20-25(33-17-5-2-6-18-33)12-14-27(29)30(26)23-9-7-22(8-10-23)21-32-15-3-1-4-16-32/h7-14,19-20,31H,1-6,15-18,21H2. The van der Waals surface area contributed by atoms with Crippen molar-refractivity contribution >= 4 is 16.7 Å². The van der Waals surface area contributed by atoms with Crippen LogP contribution in [0.1, 0.15) is 44.1 Å². The zero-order valence-corrected chi connectivity index (χ0v) is 19.9. The molecular weight excluding hydrogens is 418 g/mol. The molecule has 174 valence electrons. The van der Waals surface area contributed by atoms with Crippen LogP contribution in [0.15, 0.2) is 65.1 Å². The normalized spacial score (nSPS) is 17.5. The summed E-state index contributed by atoms with van der Waals surface area (Å²) in [6.07, 6.45) is 7.84. The fourth-order valence-electron chi connectivity index (χ4n) is 5.69. The Morgan fingerprint density at radius 2 is 1.47 bits per heavy atom. The third-order valence-electron chi connectivity index (χ3n) is 7.52. The number of benzene rings is 3. The molecule has 0 saturated carbocycles. The Morgan fingerprint density at radius 3 is 2.24 bits per heavy atom. The molecule has 0 spiro atoms. The third-order valence-corrected chi connectivity index (χ3v) is 7.52. The van der Waals surface area contributed by atoms with Crippen molar-refractivity contribution in [2.45, 2.75) is 45.1 Å². The van der Waals surface area contributed by atoms with Crippen molar-refractivity contribution in [1.29, 1.82) is 5.41 Å². The fraction of sp³-hybridized carbons (Fsp3) is 0.367. The topological polar surface area (TPSA) is 43.5 Å². The van der Waals surface area contributed by atoms with Crippen LogP contribution in [0.3, 0.4) is 0 Å². The lowest BCUT2D eigenvalue weighted by Crippen LogP contribution is -2.29. The van der Waals surface area contributed by atoms with Gasteiger partial charge in [0.25, 0.3) is 0 Å². The summed E-state index contributed by atoms with van der Waals surface area (Å²) in [5.74, 6) is 0.781. The molecule has 0 atom stereocenters. The molecule has 0 amide bonds. The van der Waals surface area contributed by atoms with Crippen molar-refractivity contribution in [3.05, 3.63) is 71.6 Å². The van der Waals surface area contributed by atoms with E-state index < -0.39 is 0 Å². The lowest BCUT2D eigenvalue weighted by molar-refractivity contribution is 0.221. The Labute approximate surface area is 201 Å². The van der Waals surface area contributed by atoms with Gasteiger partial charge >= 0.3 is 0 Å². The van der Waals surface area contributed by atoms with Crippen molar-refractivity contribution in [3.8, 4) is 22.5 Å². The first-order valence-corrected chi connectivity index (χ1v) is 12.9. The molecule has 4 aliphatic rings. The average Bonchev–Trinajstić information content (AvgIpc) is 2.88. The lowest BCUT2D eigenvalue weighted by atomic mass is 9.93. The summed E-state index contributed by atoms with van der Waals surface area (Å²) in [5.41, 5.74) is 6.98. The molecule has 1 N–H and O–H groups in total. The van der Waals surface area contributed by atoms with E-state index in [0.717, 1.165) is 41.9 Å². The second-order valence-corrected chi connectivity index (χ2v) is 9.95. The Morgan fingerprint density at radius 1 is 0.735 bits per heavy atom. The molecule has 1 aliphatic carbocycles. The average molecular weight is 452 g/mol. The van der Waals surface area contributed by atoms with E-state index in [0.29, 0.717) is 5.36 Å². The molecule has 6 rings (SSSR count). The number of rotatable bonds is 4. The quantitative estimate of drug-likeness (QED) is 0.353. The summed E-state index contributed by atoms with van der Waals surface area (Å²) >= 11 is 0. The van der Waals surface area contributed by atoms with E-state index in [2.05, 4.69) is 52.3 Å². The van der Waals surface area contributed by atoms with Gasteiger partial charge in [-0.05, 0) is 80.6 Å². The first kappa shape index (κ1) is 21.4. The van der Waals surface area contributed by atoms with Crippen molar-refractivity contribution in [3.63, 3.8) is 0 Å². The van der Waals surface area contributed by atoms with Gasteiger partial charge in [-0.25, -0.2) is 0 Å². The number of hydrogen-bond acceptors (Lipinski definition) is 4. The van der Waals surface area contributed by atoms with Gasteiger partial charge in [0.05, 0.1) is 5.36 Å². The number of hydrogen-bond donors (Lipinski definition) is 1. The molecular formula is C30H33N3O. The zero-order valence-electron chi connectivity index (χ0n) is 19.9. The van der Waals surface area contributed by atoms with Gasteiger partial charge in [-0.1, -0.05) is 30.7 Å². The SMILES string of the molecule is N=c1ccc2c(-c3ccc(CN4CCCCC4)cc3)c3ccc(N4CCCCC4)cc3oc-2c1. The van der Waals surface area contributed by atoms with Crippen molar-refractivity contribution in [2.24, 2.45) is 0 Å². The highest BCUT2D eigenvalue weighted by Gasteiger charge is 2.19. The molecule has 2 aromatic carbocycles. The Hall–Kier alpha value is -3.11. The molecule has 0 aromatic heterocycles. The predicted molar refractivity (Wildman–Crippen MR) is 139 cm³/mol. The molecule has 4 nitrogen and oxygen atoms in total. The maximum absolute atomic E-state index is 8.14. The van der Waals surface area contributed by atoms with Crippen LogP contribution in [-0.4, -0.2) is 31.1 Å². The summed E-state index contributed by atoms with van der Waals surface area (Å²) in [6.45, 7) is 5.69. The summed E-state index contributed by atoms with van der Waals surface area (Å²) in [4.78, 5) is 5.04. The second-order valence-electron chi connectivity index (χ2n) is 9.95. The number of nitrogens with one attached hydrogen (secondary N) is 1. The van der Waals surface area contributed by atoms with Crippen LogP contribution in [0.4, 0.5) is 5.69 Å². The minimum absolute atomic E-state index is 0.477. The van der Waals surface area contributed by atoms with Crippen LogP contribution in [0.25, 0.3) is 33.4 Å². The summed E-state index contributed by atoms with van der Waals surface area (Å²) in [6, 6.07) is 21.5. The van der Waals surface area contributed by atoms with Gasteiger partial charge in [0.15, 0.2) is 0 Å². The van der Waals surface area contributed by atoms with Crippen LogP contribution in [0.2, 0.25) is 0 Å². The molecule has 3 aliphatic heterocycles. The number of nitrogens with zero attached hydrogens (tertiary/aromatic N) is 2. The third kappa shape index (κ3) is 4.23. The first-order chi connectivity index (χ1) is 16.7. The van der Waals surface area contributed by atoms with E-state index in [9.17, 15) is 0 Å². The minimum atomic E-state index is 0.477. The smallest absolute Gasteiger partial charge is 0.137 e. The highest BCUT2D eigenvalue weighted by molar-refractivity contribution is 6.02. The fourth-order valence-corrected chi connectivity index (χ4v) is 5.69. The number of anilines is 1. The van der Waals surface area contributed by atoms with Gasteiger partial charge in [0.2, 0.25) is 0 Å². The van der Waals surface area contributed by atoms with Gasteiger partial charge in [0.1, 0.15) is 11.3 Å². The van der Waals surface area contributed by atoms with Crippen LogP contribution < -0.4 is 10.3 Å². The first-order valence-electron chi connectivity index (χ1n) is 12.9. The van der Waals surface area contributed by atoms with Crippen molar-refractivity contribution in [1.82, 2.24) is 4.90 Å². The largest absolute Gasteiger partial charge is 0.456 e. The molecule has 2 aromatic rings. The van der Waals surface area contributed by atoms with Crippen LogP contribution >= 0.6 is 0 Å². The monoisotopic (exact) mass is 451 g/mol. The second kappa shape index (κ2) is 9.27. The summed E-state index contributed by atoms with van der Waals surface area (Å²) in [7, 11) is 0. The summed E-state index contributed by atoms with van der Waals surface area (Å²) in [5, 5.41) is 9.75. The summed E-state index contributed by atoms with van der Waals surface area (Å²) < 4.78 is 6.39. The molecule has 34 heavy (non-hydrogen) atoms. The van der Waals surface area contributed by atoms with E-state index in [1.165, 1.54) is 74.0 Å². The van der Waals surface area contributed by atoms with E-state index in [-0.39, 0.29) is 0 Å². The maximum atomic E-state index is 8.14. The van der Waals surface area contributed by atoms with Gasteiger partial charge in [-0.15, -0.1) is 0 Å². The minimum Gasteiger partial charge on any atom is -0.456 e. The van der Waals surface area contributed by atoms with Crippen molar-refractivity contribution < 1.29 is 4.42 Å². The van der Waals surface area contributed by atoms with E-state index >= 15 is 0 Å². The molecule has 4 heteroatoms. The van der Waals surface area contributed by atoms with E-state index in [1.807, 2.05) is 18.2 Å². The molecule has 2 saturated heterocycles. The lowest BCUT2D eigenvalue weighted by Gasteiger charge is -2.29. The van der Waals surface area contributed by atoms with Gasteiger partial charge in [0, 0.05) is 54.0 Å². The highest BCUT2D eigenvalue weighted by atomic mass is 16.3. The van der Waals surface area contributed by atoms with Gasteiger partial charge < -0.3 is 14.7 Å². The zero-order chi connectivity index (χ0) is 22.9. The van der Waals surface area contributed by atoms with E-state index in [4.69, 9.17) is 9.83 Å². The Balaban J connectivity index is 1.42. The molecule has 3 heterocycles. The molecule has 0 bridgehead atoms. The van der Waals surface area contributed by atoms with Gasteiger partial charge in [-0.3, -0.25) is 4.90 Å². The highest BCUT2D eigenvalue weighted by Crippen LogP contribution is 2.41. The number of fused-ring (bicyclic) bond motifs is 2. The van der Waals surface area contributed by atoms with Crippen LogP contribution in [-0.2, 0) is 6.54 Å². The van der Waals surface area contributed by atoms with E-state index in [1.54, 1.807) is 0 Å². The predicted octanol–water partition coefficient (Wildman–Crippen LogP) is 6.66. The maximum Gasteiger partial charge on any atom is 0.137 e. The molecule has 0 unspecified atom stereocenters. The van der Waals surface area contributed by atoms with Crippen LogP contribution in [0.5, 0.6) is 0 Å². The molecule has 0 radical (unpaired) electrons. The van der Waals surface area contributed by atoms with Crippen LogP contribution in [0, 0.1) is 5.41 Å². The Bertz CT molecular complexity index is 1310. The van der Waals surface area contributed by atoms with Crippen molar-refractivity contribution in [2.75, 3.05) is 31.1 Å². The number of piperidine rings is 2. The van der Waals surface area contributed by atoms with Gasteiger partial charge in [-0.2, -0.15) is 0 Å². The number of likely N-dealkylation sites (tertiary alicyclic amines) is 1. The molecule has 2 fully saturated rings. The Kier molecular flexibility index (Phi) is 5.84.